The first-order valence-electron chi connectivity index (χ1n) is 15.2. The first-order chi connectivity index (χ1) is 22.2. The zero-order chi connectivity index (χ0) is 33.1. The van der Waals surface area contributed by atoms with E-state index in [0.717, 1.165) is 22.8 Å². The Bertz CT molecular complexity index is 1480. The van der Waals surface area contributed by atoms with Gasteiger partial charge in [0.15, 0.2) is 5.76 Å². The molecule has 2 aliphatic heterocycles. The Morgan fingerprint density at radius 3 is 2.46 bits per heavy atom. The van der Waals surface area contributed by atoms with Crippen LogP contribution in [-0.2, 0) is 33.8 Å². The van der Waals surface area contributed by atoms with E-state index in [9.17, 15) is 27.9 Å². The van der Waals surface area contributed by atoms with Crippen molar-refractivity contribution in [1.82, 2.24) is 14.5 Å². The molecule has 2 N–H and O–H groups in total. The molecule has 1 fully saturated rings. The molecule has 2 aromatic carbocycles. The Morgan fingerprint density at radius 1 is 1.09 bits per heavy atom. The van der Waals surface area contributed by atoms with E-state index >= 15 is 0 Å². The van der Waals surface area contributed by atoms with Crippen LogP contribution in [0.25, 0.3) is 0 Å². The number of likely N-dealkylation sites (tertiary alicyclic amines) is 1. The van der Waals surface area contributed by atoms with Gasteiger partial charge in [-0.15, -0.1) is 0 Å². The lowest BCUT2D eigenvalue weighted by Crippen LogP contribution is -2.38. The molecule has 2 aromatic rings. The second-order valence-electron chi connectivity index (χ2n) is 10.8. The molecule has 2 heterocycles. The van der Waals surface area contributed by atoms with Crippen molar-refractivity contribution in [2.45, 2.75) is 42.8 Å². The van der Waals surface area contributed by atoms with E-state index in [1.807, 2.05) is 0 Å². The molecular weight excluding hydrogens is 618 g/mol. The van der Waals surface area contributed by atoms with Gasteiger partial charge in [-0.3, -0.25) is 9.59 Å². The Balaban J connectivity index is 1.42. The van der Waals surface area contributed by atoms with Crippen molar-refractivity contribution in [2.24, 2.45) is 0 Å². The minimum Gasteiger partial charge on any atom is -0.497 e. The number of carbonyl (C=O) groups excluding carboxylic acids is 3. The number of methoxy groups -OCH3 is 2. The predicted molar refractivity (Wildman–Crippen MR) is 166 cm³/mol. The maximum absolute atomic E-state index is 13.3. The zero-order valence-corrected chi connectivity index (χ0v) is 26.9. The standard InChI is InChI=1S/C32H41N3O10S/c1-42-26-10-12-27(13-11-26)46(40,41)35(17-19-36)18-20-44-30-22-25(23-6-8-24(9-7-23)32(39)43-2)21-28(45-30)31(38)33-14-4-16-34-15-3-5-29(34)37/h6-13,21,25,30,36H,3-5,14-20,22H2,1-2H3,(H,33,38)/t25-,30+/m1/s1. The summed E-state index contributed by atoms with van der Waals surface area (Å²) in [5.74, 6) is -0.544. The summed E-state index contributed by atoms with van der Waals surface area (Å²) in [5, 5.41) is 12.4. The molecule has 14 heteroatoms. The smallest absolute Gasteiger partial charge is 0.337 e. The third kappa shape index (κ3) is 9.06. The Morgan fingerprint density at radius 2 is 1.83 bits per heavy atom. The summed E-state index contributed by atoms with van der Waals surface area (Å²) in [6.07, 6.45) is 3.11. The maximum Gasteiger partial charge on any atom is 0.337 e. The summed E-state index contributed by atoms with van der Waals surface area (Å²) in [5.41, 5.74) is 1.19. The number of sulfonamides is 1. The molecular formula is C32H41N3O10S. The Kier molecular flexibility index (Phi) is 12.5. The number of aliphatic hydroxyl groups excluding tert-OH is 1. The van der Waals surface area contributed by atoms with Crippen molar-refractivity contribution in [3.05, 3.63) is 71.5 Å². The van der Waals surface area contributed by atoms with Crippen LogP contribution in [-0.4, -0.2) is 107 Å². The molecule has 2 atom stereocenters. The van der Waals surface area contributed by atoms with Gasteiger partial charge < -0.3 is 34.3 Å². The number of nitrogens with zero attached hydrogens (tertiary/aromatic N) is 2. The molecule has 0 radical (unpaired) electrons. The summed E-state index contributed by atoms with van der Waals surface area (Å²) in [4.78, 5) is 38.7. The predicted octanol–water partition coefficient (Wildman–Crippen LogP) is 2.02. The minimum atomic E-state index is -3.95. The fourth-order valence-electron chi connectivity index (χ4n) is 5.28. The molecule has 0 unspecified atom stereocenters. The van der Waals surface area contributed by atoms with Gasteiger partial charge in [0.1, 0.15) is 5.75 Å². The van der Waals surface area contributed by atoms with Crippen molar-refractivity contribution in [2.75, 3.05) is 60.2 Å². The molecule has 0 aromatic heterocycles. The average molecular weight is 660 g/mol. The molecule has 46 heavy (non-hydrogen) atoms. The first kappa shape index (κ1) is 34.9. The number of hydrogen-bond donors (Lipinski definition) is 2. The molecule has 0 spiro atoms. The van der Waals surface area contributed by atoms with E-state index in [1.165, 1.54) is 26.4 Å². The fraction of sp³-hybridized carbons (Fsp3) is 0.469. The Labute approximate surface area is 269 Å². The first-order valence-corrected chi connectivity index (χ1v) is 16.6. The summed E-state index contributed by atoms with van der Waals surface area (Å²) in [6.45, 7) is 0.942. The lowest BCUT2D eigenvalue weighted by molar-refractivity contribution is -0.146. The van der Waals surface area contributed by atoms with Crippen LogP contribution in [0.15, 0.2) is 65.3 Å². The maximum atomic E-state index is 13.3. The third-order valence-electron chi connectivity index (χ3n) is 7.79. The number of esters is 1. The van der Waals surface area contributed by atoms with Crippen molar-refractivity contribution >= 4 is 27.8 Å². The highest BCUT2D eigenvalue weighted by atomic mass is 32.2. The van der Waals surface area contributed by atoms with E-state index < -0.39 is 34.8 Å². The lowest BCUT2D eigenvalue weighted by Gasteiger charge is -2.30. The number of allylic oxidation sites excluding steroid dienone is 1. The summed E-state index contributed by atoms with van der Waals surface area (Å²) >= 11 is 0. The van der Waals surface area contributed by atoms with Crippen molar-refractivity contribution in [3.8, 4) is 5.75 Å². The van der Waals surface area contributed by atoms with Crippen molar-refractivity contribution in [3.63, 3.8) is 0 Å². The van der Waals surface area contributed by atoms with Crippen LogP contribution in [0.1, 0.15) is 47.5 Å². The normalized spacial score (nSPS) is 18.2. The number of hydrogen-bond acceptors (Lipinski definition) is 10. The van der Waals surface area contributed by atoms with Gasteiger partial charge in [-0.2, -0.15) is 4.31 Å². The second-order valence-corrected chi connectivity index (χ2v) is 12.7. The van der Waals surface area contributed by atoms with Gasteiger partial charge >= 0.3 is 5.97 Å². The van der Waals surface area contributed by atoms with E-state index in [0.29, 0.717) is 43.7 Å². The molecule has 2 amide bonds. The van der Waals surface area contributed by atoms with Crippen LogP contribution < -0.4 is 10.1 Å². The number of amides is 2. The number of nitrogens with one attached hydrogen (secondary N) is 1. The lowest BCUT2D eigenvalue weighted by atomic mass is 9.92. The highest BCUT2D eigenvalue weighted by Gasteiger charge is 2.30. The van der Waals surface area contributed by atoms with Gasteiger partial charge in [-0.1, -0.05) is 12.1 Å². The van der Waals surface area contributed by atoms with E-state index in [2.05, 4.69) is 5.32 Å². The number of aliphatic hydroxyl groups is 1. The van der Waals surface area contributed by atoms with Gasteiger partial charge in [0.05, 0.1) is 37.9 Å². The van der Waals surface area contributed by atoms with Crippen LogP contribution in [0.3, 0.4) is 0 Å². The number of ether oxygens (including phenoxy) is 4. The number of carbonyl (C=O) groups is 3. The number of rotatable bonds is 16. The quantitative estimate of drug-likeness (QED) is 0.202. The molecule has 250 valence electrons. The van der Waals surface area contributed by atoms with E-state index in [4.69, 9.17) is 18.9 Å². The summed E-state index contributed by atoms with van der Waals surface area (Å²) < 4.78 is 49.5. The van der Waals surface area contributed by atoms with Crippen molar-refractivity contribution < 1.29 is 46.9 Å². The van der Waals surface area contributed by atoms with Gasteiger partial charge in [-0.25, -0.2) is 13.2 Å². The largest absolute Gasteiger partial charge is 0.497 e. The molecule has 13 nitrogen and oxygen atoms in total. The molecule has 0 bridgehead atoms. The third-order valence-corrected chi connectivity index (χ3v) is 9.71. The van der Waals surface area contributed by atoms with Crippen LogP contribution in [0, 0.1) is 0 Å². The van der Waals surface area contributed by atoms with E-state index in [-0.39, 0.29) is 42.2 Å². The SMILES string of the molecule is COC(=O)c1ccc([C@@H]2C=C(C(=O)NCCCN3CCCC3=O)O[C@H](OCCN(CCO)S(=O)(=O)c3ccc(OC)cc3)C2)cc1. The van der Waals surface area contributed by atoms with E-state index in [1.54, 1.807) is 47.4 Å². The molecule has 1 saturated heterocycles. The van der Waals surface area contributed by atoms with Gasteiger partial charge in [0.25, 0.3) is 5.91 Å². The molecule has 2 aliphatic rings. The minimum absolute atomic E-state index is 0.0436. The highest BCUT2D eigenvalue weighted by Crippen LogP contribution is 2.32. The highest BCUT2D eigenvalue weighted by molar-refractivity contribution is 7.89. The van der Waals surface area contributed by atoms with Crippen molar-refractivity contribution in [1.29, 1.82) is 0 Å². The Hall–Kier alpha value is -3.98. The zero-order valence-electron chi connectivity index (χ0n) is 26.1. The molecule has 0 saturated carbocycles. The topological polar surface area (TPSA) is 161 Å². The number of benzene rings is 2. The van der Waals surface area contributed by atoms with Gasteiger partial charge in [0, 0.05) is 51.5 Å². The second kappa shape index (κ2) is 16.5. The van der Waals surface area contributed by atoms with Crippen LogP contribution in [0.2, 0.25) is 0 Å². The van der Waals surface area contributed by atoms with Gasteiger partial charge in [0.2, 0.25) is 22.2 Å². The average Bonchev–Trinajstić information content (AvgIpc) is 3.49. The molecule has 0 aliphatic carbocycles. The summed E-state index contributed by atoms with van der Waals surface area (Å²) in [7, 11) is -1.16. The fourth-order valence-corrected chi connectivity index (χ4v) is 6.70. The van der Waals surface area contributed by atoms with Crippen LogP contribution in [0.5, 0.6) is 5.75 Å². The monoisotopic (exact) mass is 659 g/mol. The van der Waals surface area contributed by atoms with Crippen LogP contribution in [0.4, 0.5) is 0 Å². The van der Waals surface area contributed by atoms with Crippen LogP contribution >= 0.6 is 0 Å². The molecule has 4 rings (SSSR count). The summed E-state index contributed by atoms with van der Waals surface area (Å²) in [6, 6.07) is 12.7. The van der Waals surface area contributed by atoms with Gasteiger partial charge in [-0.05, 0) is 60.9 Å².